The number of ketones is 1. The highest BCUT2D eigenvalue weighted by Gasteiger charge is 2.33. The van der Waals surface area contributed by atoms with E-state index in [0.29, 0.717) is 22.2 Å². The molecule has 0 aliphatic carbocycles. The molecular formula is C22H23N3O5S. The fourth-order valence-corrected chi connectivity index (χ4v) is 3.85. The highest BCUT2D eigenvalue weighted by Crippen LogP contribution is 2.43. The smallest absolute Gasteiger partial charge is 0.279 e. The van der Waals surface area contributed by atoms with Crippen molar-refractivity contribution in [2.45, 2.75) is 26.5 Å². The van der Waals surface area contributed by atoms with Crippen LogP contribution in [-0.4, -0.2) is 29.2 Å². The van der Waals surface area contributed by atoms with Gasteiger partial charge in [0.15, 0.2) is 22.4 Å². The standard InChI is InChI=1S/C22H23N3O5S/c1-13-20(14(2)26)21(24-22(23-13)31-4)16-10-18(29-3)19(11-17(16)25(27)28)30-12-15-8-6-5-7-9-15/h5-11,21H,12H2,1-4H3,(H,23,24)/t21-/m0/s1. The summed E-state index contributed by atoms with van der Waals surface area (Å²) in [5.41, 5.74) is 2.00. The van der Waals surface area contributed by atoms with Gasteiger partial charge in [-0.05, 0) is 31.7 Å². The Bertz CT molecular complexity index is 1070. The summed E-state index contributed by atoms with van der Waals surface area (Å²) in [5, 5.41) is 15.6. The lowest BCUT2D eigenvalue weighted by Gasteiger charge is -2.25. The zero-order valence-electron chi connectivity index (χ0n) is 17.7. The molecule has 3 rings (SSSR count). The van der Waals surface area contributed by atoms with Gasteiger partial charge in [-0.3, -0.25) is 14.9 Å². The van der Waals surface area contributed by atoms with Crippen LogP contribution in [0.3, 0.4) is 0 Å². The molecule has 0 spiro atoms. The predicted octanol–water partition coefficient (Wildman–Crippen LogP) is 4.41. The number of allylic oxidation sites excluding steroid dienone is 1. The van der Waals surface area contributed by atoms with Crippen LogP contribution in [-0.2, 0) is 11.4 Å². The van der Waals surface area contributed by atoms with Crippen molar-refractivity contribution in [3.63, 3.8) is 0 Å². The average molecular weight is 442 g/mol. The maximum Gasteiger partial charge on any atom is 0.279 e. The number of methoxy groups -OCH3 is 1. The van der Waals surface area contributed by atoms with Gasteiger partial charge in [0, 0.05) is 11.3 Å². The van der Waals surface area contributed by atoms with E-state index in [1.54, 1.807) is 6.92 Å². The third-order valence-corrected chi connectivity index (χ3v) is 5.43. The molecule has 1 atom stereocenters. The molecule has 0 bridgehead atoms. The SMILES string of the molecule is COc1cc([C@@H]2N=C(SC)NC(C)=C2C(C)=O)c([N+](=O)[O-])cc1OCc1ccccc1. The van der Waals surface area contributed by atoms with Gasteiger partial charge in [-0.1, -0.05) is 42.1 Å². The normalized spacial score (nSPS) is 15.7. The minimum absolute atomic E-state index is 0.188. The molecule has 2 aromatic carbocycles. The van der Waals surface area contributed by atoms with Gasteiger partial charge in [0.05, 0.1) is 23.7 Å². The van der Waals surface area contributed by atoms with Crippen molar-refractivity contribution >= 4 is 28.4 Å². The van der Waals surface area contributed by atoms with Gasteiger partial charge in [-0.15, -0.1) is 0 Å². The first-order chi connectivity index (χ1) is 14.8. The second kappa shape index (κ2) is 9.65. The second-order valence-corrected chi connectivity index (χ2v) is 7.65. The molecule has 0 fully saturated rings. The Morgan fingerprint density at radius 3 is 2.55 bits per heavy atom. The highest BCUT2D eigenvalue weighted by atomic mass is 32.2. The van der Waals surface area contributed by atoms with Crippen LogP contribution >= 0.6 is 11.8 Å². The van der Waals surface area contributed by atoms with Crippen molar-refractivity contribution < 1.29 is 19.2 Å². The molecule has 31 heavy (non-hydrogen) atoms. The zero-order chi connectivity index (χ0) is 22.5. The lowest BCUT2D eigenvalue weighted by Crippen LogP contribution is -2.29. The number of Topliss-reactive ketones (excluding diaryl/α,β-unsaturated/α-hetero) is 1. The molecule has 0 amide bonds. The van der Waals surface area contributed by atoms with Crippen molar-refractivity contribution in [2.75, 3.05) is 13.4 Å². The van der Waals surface area contributed by atoms with E-state index in [-0.39, 0.29) is 29.4 Å². The van der Waals surface area contributed by atoms with Gasteiger partial charge in [-0.2, -0.15) is 0 Å². The van der Waals surface area contributed by atoms with E-state index in [4.69, 9.17) is 9.47 Å². The monoisotopic (exact) mass is 441 g/mol. The maximum absolute atomic E-state index is 12.4. The van der Waals surface area contributed by atoms with Crippen molar-refractivity contribution in [3.8, 4) is 11.5 Å². The molecule has 0 saturated heterocycles. The number of nitro groups is 1. The van der Waals surface area contributed by atoms with E-state index in [1.165, 1.54) is 37.9 Å². The molecular weight excluding hydrogens is 418 g/mol. The summed E-state index contributed by atoms with van der Waals surface area (Å²) in [4.78, 5) is 28.4. The summed E-state index contributed by atoms with van der Waals surface area (Å²) in [6, 6.07) is 11.5. The molecule has 0 saturated carbocycles. The Hall–Kier alpha value is -3.33. The molecule has 0 aromatic heterocycles. The summed E-state index contributed by atoms with van der Waals surface area (Å²) in [7, 11) is 1.46. The second-order valence-electron chi connectivity index (χ2n) is 6.85. The number of aliphatic imine (C=N–C) groups is 1. The van der Waals surface area contributed by atoms with Gasteiger partial charge in [0.1, 0.15) is 12.6 Å². The van der Waals surface area contributed by atoms with Crippen LogP contribution in [0.2, 0.25) is 0 Å². The van der Waals surface area contributed by atoms with E-state index in [2.05, 4.69) is 10.3 Å². The first-order valence-electron chi connectivity index (χ1n) is 9.49. The number of nitro benzene ring substituents is 1. The predicted molar refractivity (Wildman–Crippen MR) is 121 cm³/mol. The molecule has 8 nitrogen and oxygen atoms in total. The number of hydrogen-bond donors (Lipinski definition) is 1. The topological polar surface area (TPSA) is 103 Å². The maximum atomic E-state index is 12.4. The van der Waals surface area contributed by atoms with Crippen LogP contribution < -0.4 is 14.8 Å². The number of thioether (sulfide) groups is 1. The van der Waals surface area contributed by atoms with Crippen LogP contribution in [0.5, 0.6) is 11.5 Å². The Morgan fingerprint density at radius 2 is 1.97 bits per heavy atom. The number of carbonyl (C=O) groups is 1. The molecule has 9 heteroatoms. The number of carbonyl (C=O) groups excluding carboxylic acids is 1. The van der Waals surface area contributed by atoms with Gasteiger partial charge in [-0.25, -0.2) is 4.99 Å². The number of amidine groups is 1. The van der Waals surface area contributed by atoms with Gasteiger partial charge < -0.3 is 14.8 Å². The Balaban J connectivity index is 2.09. The average Bonchev–Trinajstić information content (AvgIpc) is 2.76. The first kappa shape index (κ1) is 22.4. The van der Waals surface area contributed by atoms with Gasteiger partial charge in [0.2, 0.25) is 0 Å². The lowest BCUT2D eigenvalue weighted by atomic mass is 9.92. The molecule has 2 aromatic rings. The largest absolute Gasteiger partial charge is 0.493 e. The van der Waals surface area contributed by atoms with Crippen LogP contribution in [0.15, 0.2) is 58.7 Å². The summed E-state index contributed by atoms with van der Waals surface area (Å²) in [6.45, 7) is 3.41. The highest BCUT2D eigenvalue weighted by molar-refractivity contribution is 8.13. The molecule has 0 unspecified atom stereocenters. The number of nitrogens with one attached hydrogen (secondary N) is 1. The van der Waals surface area contributed by atoms with Crippen molar-refractivity contribution in [3.05, 3.63) is 75.0 Å². The van der Waals surface area contributed by atoms with Crippen molar-refractivity contribution in [1.82, 2.24) is 5.32 Å². The summed E-state index contributed by atoms with van der Waals surface area (Å²) < 4.78 is 11.3. The van der Waals surface area contributed by atoms with Crippen molar-refractivity contribution in [1.29, 1.82) is 0 Å². The van der Waals surface area contributed by atoms with E-state index >= 15 is 0 Å². The van der Waals surface area contributed by atoms with Crippen molar-refractivity contribution in [2.24, 2.45) is 4.99 Å². The lowest BCUT2D eigenvalue weighted by molar-refractivity contribution is -0.385. The minimum atomic E-state index is -0.821. The van der Waals surface area contributed by atoms with Crippen LogP contribution in [0.25, 0.3) is 0 Å². The number of hydrogen-bond acceptors (Lipinski definition) is 8. The molecule has 0 radical (unpaired) electrons. The third kappa shape index (κ3) is 4.88. The van der Waals surface area contributed by atoms with E-state index in [9.17, 15) is 14.9 Å². The van der Waals surface area contributed by atoms with Gasteiger partial charge in [0.25, 0.3) is 5.69 Å². The molecule has 162 valence electrons. The quantitative estimate of drug-likeness (QED) is 0.501. The number of benzene rings is 2. The summed E-state index contributed by atoms with van der Waals surface area (Å²) in [6.07, 6.45) is 1.84. The number of nitrogens with zero attached hydrogens (tertiary/aromatic N) is 2. The molecule has 1 aliphatic heterocycles. The number of ether oxygens (including phenoxy) is 2. The minimum Gasteiger partial charge on any atom is -0.493 e. The fraction of sp³-hybridized carbons (Fsp3) is 0.273. The Labute approximate surface area is 184 Å². The first-order valence-corrected chi connectivity index (χ1v) is 10.7. The third-order valence-electron chi connectivity index (χ3n) is 4.83. The van der Waals surface area contributed by atoms with Crippen LogP contribution in [0.4, 0.5) is 5.69 Å². The number of rotatable bonds is 7. The van der Waals surface area contributed by atoms with Crippen LogP contribution in [0, 0.1) is 10.1 Å². The zero-order valence-corrected chi connectivity index (χ0v) is 18.5. The summed E-state index contributed by atoms with van der Waals surface area (Å²) in [5.74, 6) is 0.364. The van der Waals surface area contributed by atoms with Crippen LogP contribution in [0.1, 0.15) is 31.0 Å². The molecule has 1 aliphatic rings. The Morgan fingerprint density at radius 1 is 1.26 bits per heavy atom. The van der Waals surface area contributed by atoms with E-state index in [0.717, 1.165) is 5.56 Å². The summed E-state index contributed by atoms with van der Waals surface area (Å²) >= 11 is 1.36. The van der Waals surface area contributed by atoms with E-state index < -0.39 is 11.0 Å². The van der Waals surface area contributed by atoms with E-state index in [1.807, 2.05) is 36.6 Å². The van der Waals surface area contributed by atoms with Gasteiger partial charge >= 0.3 is 0 Å². The molecule has 1 N–H and O–H groups in total. The fourth-order valence-electron chi connectivity index (χ4n) is 3.38. The Kier molecular flexibility index (Phi) is 6.96. The molecule has 1 heterocycles.